The van der Waals surface area contributed by atoms with Crippen molar-refractivity contribution in [3.63, 3.8) is 0 Å². The summed E-state index contributed by atoms with van der Waals surface area (Å²) in [7, 11) is 0. The van der Waals surface area contributed by atoms with Gasteiger partial charge < -0.3 is 9.13 Å². The van der Waals surface area contributed by atoms with E-state index in [2.05, 4.69) is 88.0 Å². The van der Waals surface area contributed by atoms with Crippen LogP contribution in [0.1, 0.15) is 66.8 Å². The molecule has 0 atom stereocenters. The van der Waals surface area contributed by atoms with Gasteiger partial charge in [-0.05, 0) is 144 Å². The summed E-state index contributed by atoms with van der Waals surface area (Å²) in [6.45, 7) is 0. The smallest absolute Gasteiger partial charge is 0.160 e. The zero-order chi connectivity index (χ0) is 71.9. The van der Waals surface area contributed by atoms with E-state index in [0.717, 1.165) is 11.1 Å². The molecule has 16 nitrogen and oxygen atoms in total. The Bertz CT molecular complexity index is 6390. The first-order valence-corrected chi connectivity index (χ1v) is 32.0. The summed E-state index contributed by atoms with van der Waals surface area (Å²) >= 11 is 0. The van der Waals surface area contributed by atoms with Crippen LogP contribution in [0.25, 0.3) is 145 Å². The molecule has 15 rings (SSSR count). The average molecular weight is 1320 g/mol. The van der Waals surface area contributed by atoms with Crippen molar-refractivity contribution in [3.8, 4) is 174 Å². The van der Waals surface area contributed by atoms with Crippen LogP contribution in [0.3, 0.4) is 0 Å². The summed E-state index contributed by atoms with van der Waals surface area (Å²) < 4.78 is 4.20. The summed E-state index contributed by atoms with van der Waals surface area (Å²) in [5, 5.41) is 128. The van der Waals surface area contributed by atoms with Crippen LogP contribution in [0.2, 0.25) is 0 Å². The van der Waals surface area contributed by atoms with E-state index in [1.165, 1.54) is 48.5 Å². The van der Waals surface area contributed by atoms with E-state index in [1.54, 1.807) is 0 Å². The highest BCUT2D eigenvalue weighted by molar-refractivity contribution is 6.15. The molecule has 0 saturated heterocycles. The quantitative estimate of drug-likeness (QED) is 0.123. The van der Waals surface area contributed by atoms with Crippen LogP contribution in [0.15, 0.2) is 231 Å². The second-order valence-corrected chi connectivity index (χ2v) is 24.2. The number of aromatic nitrogens is 4. The molecule has 0 aliphatic heterocycles. The highest BCUT2D eigenvalue weighted by Gasteiger charge is 2.27. The third-order valence-electron chi connectivity index (χ3n) is 18.5. The summed E-state index contributed by atoms with van der Waals surface area (Å²) in [5.41, 5.74) is 13.3. The highest BCUT2D eigenvalue weighted by atomic mass is 15.0. The number of benzene rings is 12. The lowest BCUT2D eigenvalue weighted by atomic mass is 9.91. The lowest BCUT2D eigenvalue weighted by Crippen LogP contribution is -2.03. The maximum absolute atomic E-state index is 10.7. The van der Waals surface area contributed by atoms with Crippen molar-refractivity contribution in [2.24, 2.45) is 0 Å². The van der Waals surface area contributed by atoms with E-state index in [1.807, 2.05) is 176 Å². The van der Waals surface area contributed by atoms with Crippen LogP contribution in [-0.2, 0) is 0 Å². The fourth-order valence-electron chi connectivity index (χ4n) is 14.0. The Hall–Kier alpha value is -16.8. The van der Waals surface area contributed by atoms with Gasteiger partial charge in [-0.1, -0.05) is 109 Å². The van der Waals surface area contributed by atoms with Gasteiger partial charge in [-0.15, -0.1) is 0 Å². The predicted octanol–water partition coefficient (Wildman–Crippen LogP) is 18.5. The van der Waals surface area contributed by atoms with E-state index in [9.17, 15) is 63.1 Å². The second-order valence-electron chi connectivity index (χ2n) is 24.2. The first-order valence-electron chi connectivity index (χ1n) is 32.0. The molecule has 0 amide bonds. The highest BCUT2D eigenvalue weighted by Crippen LogP contribution is 2.47. The summed E-state index contributed by atoms with van der Waals surface area (Å²) in [4.78, 5) is 10.4. The summed E-state index contributed by atoms with van der Waals surface area (Å²) in [6, 6.07) is 95.2. The SMILES string of the molecule is N#Cc1cc(C#N)c(-c2ccc3c(c2)c2cc(-c4c(C#N)cc(C#N)cc4C#N)ccc2n3-c2ccccc2-c2cc(-c3cc(-c4ccccc4)nc(-c4ccccc4)n3)ccc2-n2c3ccc(-c4c(C#N)cc(C#N)cc4C#N)cc3c3cc(-c4c(C#N)cc(C#N)cc4C#N)ccc32)c(C#N)c1. The molecule has 3 aromatic heterocycles. The molecule has 16 heteroatoms. The molecule has 0 unspecified atom stereocenters. The van der Waals surface area contributed by atoms with Gasteiger partial charge in [0.05, 0.1) is 184 Å². The van der Waals surface area contributed by atoms with Crippen LogP contribution in [0.5, 0.6) is 0 Å². The lowest BCUT2D eigenvalue weighted by Gasteiger charge is -2.20. The van der Waals surface area contributed by atoms with E-state index < -0.39 is 0 Å². The zero-order valence-corrected chi connectivity index (χ0v) is 54.1. The van der Waals surface area contributed by atoms with Crippen molar-refractivity contribution >= 4 is 43.6 Å². The summed E-state index contributed by atoms with van der Waals surface area (Å²) in [6.07, 6.45) is 0. The molecule has 0 spiro atoms. The van der Waals surface area contributed by atoms with Crippen LogP contribution in [-0.4, -0.2) is 19.1 Å². The Balaban J connectivity index is 1.06. The normalized spacial score (nSPS) is 10.6. The lowest BCUT2D eigenvalue weighted by molar-refractivity contribution is 1.16. The topological polar surface area (TPSA) is 321 Å². The minimum absolute atomic E-state index is 0.100. The molecule has 0 saturated carbocycles. The number of fused-ring (bicyclic) bond motifs is 6. The zero-order valence-electron chi connectivity index (χ0n) is 54.1. The van der Waals surface area contributed by atoms with Gasteiger partial charge in [0.15, 0.2) is 5.82 Å². The minimum Gasteiger partial charge on any atom is -0.309 e. The molecule has 470 valence electrons. The molecule has 0 fully saturated rings. The van der Waals surface area contributed by atoms with Gasteiger partial charge in [-0.2, -0.15) is 63.1 Å². The fraction of sp³-hybridized carbons (Fsp3) is 0. The van der Waals surface area contributed by atoms with Crippen molar-refractivity contribution < 1.29 is 0 Å². The van der Waals surface area contributed by atoms with Crippen molar-refractivity contribution in [3.05, 3.63) is 297 Å². The first-order chi connectivity index (χ1) is 51.0. The van der Waals surface area contributed by atoms with Gasteiger partial charge in [0.2, 0.25) is 0 Å². The molecule has 104 heavy (non-hydrogen) atoms. The standard InChI is InChI=1S/C88H38N16/c89-39-51-25-62(43-93)84(63(26-51)44-94)58-16-21-80-72(34-58)73-35-59(85-64(45-95)27-52(40-90)28-65(85)46-96)17-22-81(73)103(80)78-14-8-7-13-70(78)71-33-57(77-38-76(55-9-3-1-4-10-55)101-88(102-77)56-11-5-2-6-12-56)15-20-79(71)104-82-23-18-60(86-66(47-97)29-53(41-91)30-67(86)48-98)36-74(82)75-37-61(19-24-83(75)104)87-68(49-99)31-54(42-92)32-69(87)50-100/h1-38H. The Morgan fingerprint density at radius 2 is 0.510 bits per heavy atom. The first kappa shape index (κ1) is 63.3. The molecular formula is C88H38N16. The van der Waals surface area contributed by atoms with Crippen molar-refractivity contribution in [1.29, 1.82) is 63.1 Å². The summed E-state index contributed by atoms with van der Waals surface area (Å²) in [5.74, 6) is 0.475. The van der Waals surface area contributed by atoms with Gasteiger partial charge in [0.1, 0.15) is 0 Å². The predicted molar refractivity (Wildman–Crippen MR) is 391 cm³/mol. The van der Waals surface area contributed by atoms with Crippen LogP contribution < -0.4 is 0 Å². The fourth-order valence-corrected chi connectivity index (χ4v) is 14.0. The van der Waals surface area contributed by atoms with E-state index in [4.69, 9.17) is 9.97 Å². The Morgan fingerprint density at radius 3 is 0.837 bits per heavy atom. The van der Waals surface area contributed by atoms with Gasteiger partial charge >= 0.3 is 0 Å². The van der Waals surface area contributed by atoms with Crippen molar-refractivity contribution in [1.82, 2.24) is 19.1 Å². The van der Waals surface area contributed by atoms with Gasteiger partial charge in [0.25, 0.3) is 0 Å². The number of rotatable bonds is 10. The number of para-hydroxylation sites is 1. The number of hydrogen-bond acceptors (Lipinski definition) is 14. The maximum atomic E-state index is 10.7. The minimum atomic E-state index is 0.100. The Kier molecular flexibility index (Phi) is 15.8. The molecule has 3 heterocycles. The molecule has 0 radical (unpaired) electrons. The Labute approximate surface area is 593 Å². The second kappa shape index (κ2) is 26.0. The number of hydrogen-bond donors (Lipinski definition) is 0. The van der Waals surface area contributed by atoms with Crippen LogP contribution in [0, 0.1) is 136 Å². The third kappa shape index (κ3) is 10.6. The van der Waals surface area contributed by atoms with E-state index in [0.29, 0.717) is 133 Å². The number of nitrogens with zero attached hydrogens (tertiary/aromatic N) is 16. The third-order valence-corrected chi connectivity index (χ3v) is 18.5. The molecule has 12 aromatic carbocycles. The average Bonchev–Trinajstić information content (AvgIpc) is 1.56. The van der Waals surface area contributed by atoms with Crippen molar-refractivity contribution in [2.45, 2.75) is 0 Å². The van der Waals surface area contributed by atoms with Gasteiger partial charge in [-0.3, -0.25) is 0 Å². The van der Waals surface area contributed by atoms with Crippen LogP contribution >= 0.6 is 0 Å². The monoisotopic (exact) mass is 1320 g/mol. The molecule has 0 bridgehead atoms. The molecular weight excluding hydrogens is 1280 g/mol. The largest absolute Gasteiger partial charge is 0.309 e. The van der Waals surface area contributed by atoms with E-state index >= 15 is 0 Å². The molecule has 0 aliphatic carbocycles. The van der Waals surface area contributed by atoms with Crippen molar-refractivity contribution in [2.75, 3.05) is 0 Å². The maximum Gasteiger partial charge on any atom is 0.160 e. The molecule has 0 aliphatic rings. The van der Waals surface area contributed by atoms with Crippen LogP contribution in [0.4, 0.5) is 0 Å². The Morgan fingerprint density at radius 1 is 0.221 bits per heavy atom. The van der Waals surface area contributed by atoms with Gasteiger partial charge in [0, 0.05) is 71.6 Å². The van der Waals surface area contributed by atoms with E-state index in [-0.39, 0.29) is 66.8 Å². The molecule has 15 aromatic rings. The number of nitriles is 12. The van der Waals surface area contributed by atoms with Gasteiger partial charge in [-0.25, -0.2) is 9.97 Å². The molecule has 0 N–H and O–H groups in total.